The maximum Gasteiger partial charge on any atom is 0.305 e. The third kappa shape index (κ3) is 5.17. The molecule has 0 spiro atoms. The summed E-state index contributed by atoms with van der Waals surface area (Å²) in [6.45, 7) is 6.00. The summed E-state index contributed by atoms with van der Waals surface area (Å²) in [5.74, 6) is 0.194. The average molecular weight is 255 g/mol. The van der Waals surface area contributed by atoms with E-state index in [9.17, 15) is 9.59 Å². The van der Waals surface area contributed by atoms with Crippen LogP contribution in [0.5, 0.6) is 0 Å². The first kappa shape index (κ1) is 15.2. The van der Waals surface area contributed by atoms with E-state index in [2.05, 4.69) is 4.90 Å². The van der Waals surface area contributed by atoms with E-state index in [0.717, 1.165) is 45.2 Å². The summed E-state index contributed by atoms with van der Waals surface area (Å²) in [5, 5.41) is 0. The van der Waals surface area contributed by atoms with Crippen molar-refractivity contribution in [1.29, 1.82) is 0 Å². The van der Waals surface area contributed by atoms with Gasteiger partial charge in [-0.05, 0) is 52.6 Å². The topological polar surface area (TPSA) is 46.6 Å². The maximum absolute atomic E-state index is 11.4. The van der Waals surface area contributed by atoms with Crippen LogP contribution in [0.2, 0.25) is 0 Å². The van der Waals surface area contributed by atoms with Gasteiger partial charge in [-0.1, -0.05) is 6.42 Å². The lowest BCUT2D eigenvalue weighted by atomic mass is 10.1. The van der Waals surface area contributed by atoms with Crippen molar-refractivity contribution >= 4 is 11.8 Å². The molecule has 0 aromatic carbocycles. The Balaban J connectivity index is 2.07. The summed E-state index contributed by atoms with van der Waals surface area (Å²) < 4.78 is 4.88. The van der Waals surface area contributed by atoms with Crippen LogP contribution in [0, 0.1) is 0 Å². The molecule has 0 aromatic rings. The van der Waals surface area contributed by atoms with Gasteiger partial charge in [-0.2, -0.15) is 0 Å². The monoisotopic (exact) mass is 255 g/mol. The van der Waals surface area contributed by atoms with E-state index >= 15 is 0 Å². The highest BCUT2D eigenvalue weighted by Crippen LogP contribution is 2.18. The molecule has 0 amide bonds. The minimum Gasteiger partial charge on any atom is -0.466 e. The van der Waals surface area contributed by atoms with Crippen molar-refractivity contribution in [1.82, 2.24) is 4.90 Å². The van der Waals surface area contributed by atoms with Gasteiger partial charge in [0.1, 0.15) is 5.78 Å². The summed E-state index contributed by atoms with van der Waals surface area (Å²) in [6.07, 6.45) is 5.63. The number of likely N-dealkylation sites (tertiary alicyclic amines) is 1. The zero-order valence-electron chi connectivity index (χ0n) is 11.6. The van der Waals surface area contributed by atoms with Crippen LogP contribution < -0.4 is 0 Å². The molecule has 1 aliphatic heterocycles. The molecule has 0 saturated carbocycles. The van der Waals surface area contributed by atoms with Crippen molar-refractivity contribution in [3.63, 3.8) is 0 Å². The van der Waals surface area contributed by atoms with Crippen molar-refractivity contribution in [3.05, 3.63) is 0 Å². The Kier molecular flexibility index (Phi) is 6.94. The summed E-state index contributed by atoms with van der Waals surface area (Å²) in [6, 6.07) is 0.148. The molecule has 1 aliphatic rings. The van der Waals surface area contributed by atoms with Crippen LogP contribution in [0.3, 0.4) is 0 Å². The molecule has 18 heavy (non-hydrogen) atoms. The van der Waals surface area contributed by atoms with Crippen LogP contribution in [0.1, 0.15) is 52.4 Å². The molecule has 0 aliphatic carbocycles. The molecule has 0 aromatic heterocycles. The van der Waals surface area contributed by atoms with Gasteiger partial charge < -0.3 is 4.74 Å². The van der Waals surface area contributed by atoms with Crippen molar-refractivity contribution < 1.29 is 14.3 Å². The highest BCUT2D eigenvalue weighted by Gasteiger charge is 2.27. The Morgan fingerprint density at radius 2 is 2.06 bits per heavy atom. The fourth-order valence-corrected chi connectivity index (χ4v) is 2.55. The largest absolute Gasteiger partial charge is 0.466 e. The van der Waals surface area contributed by atoms with E-state index in [1.807, 2.05) is 6.92 Å². The number of hydrogen-bond acceptors (Lipinski definition) is 4. The maximum atomic E-state index is 11.4. The second-order valence-electron chi connectivity index (χ2n) is 4.92. The molecule has 1 atom stereocenters. The zero-order chi connectivity index (χ0) is 13.4. The smallest absolute Gasteiger partial charge is 0.305 e. The van der Waals surface area contributed by atoms with Gasteiger partial charge in [-0.25, -0.2) is 0 Å². The Bertz CT molecular complexity index is 278. The Labute approximate surface area is 110 Å². The second kappa shape index (κ2) is 8.25. The van der Waals surface area contributed by atoms with Crippen LogP contribution in [0.15, 0.2) is 0 Å². The molecule has 0 unspecified atom stereocenters. The predicted molar refractivity (Wildman–Crippen MR) is 70.4 cm³/mol. The number of carbonyl (C=O) groups excluding carboxylic acids is 2. The van der Waals surface area contributed by atoms with Crippen LogP contribution >= 0.6 is 0 Å². The summed E-state index contributed by atoms with van der Waals surface area (Å²) in [7, 11) is 0. The number of esters is 1. The van der Waals surface area contributed by atoms with E-state index in [-0.39, 0.29) is 12.0 Å². The van der Waals surface area contributed by atoms with Gasteiger partial charge in [0.05, 0.1) is 12.6 Å². The predicted octanol–water partition coefficient (Wildman–Crippen LogP) is 2.16. The van der Waals surface area contributed by atoms with E-state index in [1.54, 1.807) is 6.92 Å². The van der Waals surface area contributed by atoms with E-state index in [1.165, 1.54) is 0 Å². The molecule has 1 fully saturated rings. The molecule has 4 heteroatoms. The number of rotatable bonds is 8. The number of nitrogens with zero attached hydrogens (tertiary/aromatic N) is 1. The standard InChI is InChI=1S/C14H25NO3/c1-3-18-14(17)9-5-4-6-10-15-11-7-8-13(15)12(2)16/h13H,3-11H2,1-2H3/t13-/m1/s1. The third-order valence-electron chi connectivity index (χ3n) is 3.46. The fraction of sp³-hybridized carbons (Fsp3) is 0.857. The van der Waals surface area contributed by atoms with E-state index < -0.39 is 0 Å². The first-order chi connectivity index (χ1) is 8.65. The van der Waals surface area contributed by atoms with Crippen LogP contribution in [0.25, 0.3) is 0 Å². The lowest BCUT2D eigenvalue weighted by Gasteiger charge is -2.21. The Morgan fingerprint density at radius 1 is 1.28 bits per heavy atom. The first-order valence-corrected chi connectivity index (χ1v) is 7.05. The number of ketones is 1. The summed E-state index contributed by atoms with van der Waals surface area (Å²) in [4.78, 5) is 24.8. The van der Waals surface area contributed by atoms with Gasteiger partial charge in [0.25, 0.3) is 0 Å². The second-order valence-corrected chi connectivity index (χ2v) is 4.92. The zero-order valence-corrected chi connectivity index (χ0v) is 11.6. The summed E-state index contributed by atoms with van der Waals surface area (Å²) in [5.41, 5.74) is 0. The molecule has 1 saturated heterocycles. The highest BCUT2D eigenvalue weighted by atomic mass is 16.5. The molecule has 1 heterocycles. The number of Topliss-reactive ketones (excluding diaryl/α,β-unsaturated/α-hetero) is 1. The number of carbonyl (C=O) groups is 2. The quantitative estimate of drug-likeness (QED) is 0.492. The third-order valence-corrected chi connectivity index (χ3v) is 3.46. The normalized spacial score (nSPS) is 20.0. The van der Waals surface area contributed by atoms with Crippen molar-refractivity contribution in [2.75, 3.05) is 19.7 Å². The summed E-state index contributed by atoms with van der Waals surface area (Å²) >= 11 is 0. The van der Waals surface area contributed by atoms with E-state index in [0.29, 0.717) is 18.8 Å². The average Bonchev–Trinajstić information content (AvgIpc) is 2.77. The lowest BCUT2D eigenvalue weighted by Crippen LogP contribution is -2.35. The number of ether oxygens (including phenoxy) is 1. The molecule has 0 radical (unpaired) electrons. The number of hydrogen-bond donors (Lipinski definition) is 0. The van der Waals surface area contributed by atoms with Crippen molar-refractivity contribution in [3.8, 4) is 0 Å². The molecular weight excluding hydrogens is 230 g/mol. The van der Waals surface area contributed by atoms with E-state index in [4.69, 9.17) is 4.74 Å². The van der Waals surface area contributed by atoms with Crippen molar-refractivity contribution in [2.45, 2.75) is 58.4 Å². The van der Waals surface area contributed by atoms with Gasteiger partial charge in [-0.3, -0.25) is 14.5 Å². The minimum absolute atomic E-state index is 0.0970. The van der Waals surface area contributed by atoms with Crippen LogP contribution in [-0.4, -0.2) is 42.4 Å². The Hall–Kier alpha value is -0.900. The highest BCUT2D eigenvalue weighted by molar-refractivity contribution is 5.81. The SMILES string of the molecule is CCOC(=O)CCCCCN1CCC[C@@H]1C(C)=O. The fourth-order valence-electron chi connectivity index (χ4n) is 2.55. The molecule has 0 bridgehead atoms. The van der Waals surface area contributed by atoms with Gasteiger partial charge in [0.2, 0.25) is 0 Å². The van der Waals surface area contributed by atoms with Crippen LogP contribution in [-0.2, 0) is 14.3 Å². The van der Waals surface area contributed by atoms with Gasteiger partial charge in [0, 0.05) is 6.42 Å². The molecule has 1 rings (SSSR count). The first-order valence-electron chi connectivity index (χ1n) is 7.05. The molecule has 4 nitrogen and oxygen atoms in total. The minimum atomic E-state index is -0.0970. The molecule has 104 valence electrons. The molecule has 0 N–H and O–H groups in total. The number of unbranched alkanes of at least 4 members (excludes halogenated alkanes) is 2. The Morgan fingerprint density at radius 3 is 2.72 bits per heavy atom. The van der Waals surface area contributed by atoms with Gasteiger partial charge in [0.15, 0.2) is 0 Å². The molecular formula is C14H25NO3. The van der Waals surface area contributed by atoms with Crippen LogP contribution in [0.4, 0.5) is 0 Å². The van der Waals surface area contributed by atoms with Gasteiger partial charge >= 0.3 is 5.97 Å². The van der Waals surface area contributed by atoms with Crippen molar-refractivity contribution in [2.24, 2.45) is 0 Å². The van der Waals surface area contributed by atoms with Gasteiger partial charge in [-0.15, -0.1) is 0 Å². The lowest BCUT2D eigenvalue weighted by molar-refractivity contribution is -0.143.